The van der Waals surface area contributed by atoms with E-state index in [1.165, 1.54) is 0 Å². The van der Waals surface area contributed by atoms with E-state index >= 15 is 0 Å². The molecule has 1 aromatic carbocycles. The molecule has 25 heavy (non-hydrogen) atoms. The van der Waals surface area contributed by atoms with Crippen molar-refractivity contribution in [1.29, 1.82) is 0 Å². The van der Waals surface area contributed by atoms with Crippen molar-refractivity contribution in [3.8, 4) is 0 Å². The maximum absolute atomic E-state index is 12.4. The first-order valence-electron chi connectivity index (χ1n) is 7.92. The first-order chi connectivity index (χ1) is 12.0. The Labute approximate surface area is 158 Å². The Morgan fingerprint density at radius 2 is 2.28 bits per heavy atom. The number of hydrogen-bond donors (Lipinski definition) is 1. The predicted octanol–water partition coefficient (Wildman–Crippen LogP) is 2.78. The molecule has 0 aromatic heterocycles. The van der Waals surface area contributed by atoms with E-state index in [2.05, 4.69) is 21.2 Å². The van der Waals surface area contributed by atoms with E-state index in [1.807, 2.05) is 24.3 Å². The largest absolute Gasteiger partial charge is 0.376 e. The van der Waals surface area contributed by atoms with Crippen LogP contribution in [0.15, 0.2) is 33.6 Å². The van der Waals surface area contributed by atoms with Crippen LogP contribution in [0, 0.1) is 0 Å². The van der Waals surface area contributed by atoms with Crippen molar-refractivity contribution < 1.29 is 19.1 Å². The fraction of sp³-hybridized carbons (Fsp3) is 0.353. The first-order valence-corrected chi connectivity index (χ1v) is 9.53. The maximum atomic E-state index is 12.4. The van der Waals surface area contributed by atoms with Crippen LogP contribution >= 0.6 is 27.7 Å². The van der Waals surface area contributed by atoms with Crippen molar-refractivity contribution in [2.75, 3.05) is 19.7 Å². The van der Waals surface area contributed by atoms with Gasteiger partial charge in [-0.15, -0.1) is 0 Å². The maximum Gasteiger partial charge on any atom is 0.294 e. The molecule has 132 valence electrons. The summed E-state index contributed by atoms with van der Waals surface area (Å²) in [5, 5.41) is 2.29. The summed E-state index contributed by atoms with van der Waals surface area (Å²) >= 11 is 4.21. The number of carbonyl (C=O) groups is 3. The highest BCUT2D eigenvalue weighted by Crippen LogP contribution is 2.32. The van der Waals surface area contributed by atoms with Gasteiger partial charge in [0.2, 0.25) is 5.91 Å². The third-order valence-corrected chi connectivity index (χ3v) is 5.27. The number of imide groups is 1. The standard InChI is InChI=1S/C17H17BrN2O4S/c18-12-4-1-3-11(7-12)8-14-16(22)20(17(23)25-14)10-15(21)19-9-13-5-2-6-24-13/h1,3-4,7-8,13H,2,5-6,9-10H2,(H,19,21)/b14-8-/t13-/m0/s1. The highest BCUT2D eigenvalue weighted by Gasteiger charge is 2.36. The molecule has 8 heteroatoms. The Morgan fingerprint density at radius 1 is 1.44 bits per heavy atom. The second kappa shape index (κ2) is 8.16. The van der Waals surface area contributed by atoms with Gasteiger partial charge in [-0.25, -0.2) is 0 Å². The van der Waals surface area contributed by atoms with E-state index in [0.29, 0.717) is 18.1 Å². The fourth-order valence-corrected chi connectivity index (χ4v) is 3.87. The fourth-order valence-electron chi connectivity index (χ4n) is 2.62. The van der Waals surface area contributed by atoms with Gasteiger partial charge in [0.15, 0.2) is 0 Å². The van der Waals surface area contributed by atoms with Gasteiger partial charge < -0.3 is 10.1 Å². The molecule has 2 heterocycles. The SMILES string of the molecule is O=C(CN1C(=O)S/C(=C\c2cccc(Br)c2)C1=O)NC[C@@H]1CCCO1. The average molecular weight is 425 g/mol. The summed E-state index contributed by atoms with van der Waals surface area (Å²) in [5.41, 5.74) is 0.808. The zero-order chi connectivity index (χ0) is 17.8. The van der Waals surface area contributed by atoms with Crippen LogP contribution in [0.3, 0.4) is 0 Å². The molecule has 0 unspecified atom stereocenters. The van der Waals surface area contributed by atoms with Crippen LogP contribution in [-0.4, -0.2) is 47.8 Å². The lowest BCUT2D eigenvalue weighted by Crippen LogP contribution is -2.41. The Kier molecular flexibility index (Phi) is 5.93. The minimum Gasteiger partial charge on any atom is -0.376 e. The molecule has 0 bridgehead atoms. The zero-order valence-electron chi connectivity index (χ0n) is 13.4. The third kappa shape index (κ3) is 4.71. The van der Waals surface area contributed by atoms with Gasteiger partial charge in [0.25, 0.3) is 11.1 Å². The molecule has 3 rings (SSSR count). The number of nitrogens with zero attached hydrogens (tertiary/aromatic N) is 1. The van der Waals surface area contributed by atoms with Gasteiger partial charge in [0.05, 0.1) is 11.0 Å². The van der Waals surface area contributed by atoms with Crippen LogP contribution in [0.25, 0.3) is 6.08 Å². The topological polar surface area (TPSA) is 75.7 Å². The lowest BCUT2D eigenvalue weighted by molar-refractivity contribution is -0.129. The molecule has 2 aliphatic heterocycles. The van der Waals surface area contributed by atoms with Crippen LogP contribution in [-0.2, 0) is 14.3 Å². The van der Waals surface area contributed by atoms with E-state index in [4.69, 9.17) is 4.74 Å². The number of carbonyl (C=O) groups excluding carboxylic acids is 3. The quantitative estimate of drug-likeness (QED) is 0.735. The molecule has 0 aliphatic carbocycles. The van der Waals surface area contributed by atoms with Crippen LogP contribution in [0.1, 0.15) is 18.4 Å². The Bertz CT molecular complexity index is 731. The van der Waals surface area contributed by atoms with E-state index in [-0.39, 0.29) is 18.6 Å². The van der Waals surface area contributed by atoms with Crippen molar-refractivity contribution >= 4 is 50.8 Å². The smallest absolute Gasteiger partial charge is 0.294 e. The summed E-state index contributed by atoms with van der Waals surface area (Å²) in [5.74, 6) is -0.802. The summed E-state index contributed by atoms with van der Waals surface area (Å²) in [6.45, 7) is 0.847. The molecule has 6 nitrogen and oxygen atoms in total. The second-order valence-corrected chi connectivity index (χ2v) is 7.67. The lowest BCUT2D eigenvalue weighted by atomic mass is 10.2. The van der Waals surface area contributed by atoms with E-state index in [9.17, 15) is 14.4 Å². The number of amides is 3. The van der Waals surface area contributed by atoms with E-state index < -0.39 is 11.1 Å². The lowest BCUT2D eigenvalue weighted by Gasteiger charge is -2.14. The molecule has 1 atom stereocenters. The van der Waals surface area contributed by atoms with Crippen molar-refractivity contribution in [2.45, 2.75) is 18.9 Å². The highest BCUT2D eigenvalue weighted by atomic mass is 79.9. The molecule has 1 N–H and O–H groups in total. The number of rotatable bonds is 5. The monoisotopic (exact) mass is 424 g/mol. The summed E-state index contributed by atoms with van der Waals surface area (Å²) in [6, 6.07) is 7.41. The summed E-state index contributed by atoms with van der Waals surface area (Å²) in [6.07, 6.45) is 3.58. The van der Waals surface area contributed by atoms with Gasteiger partial charge >= 0.3 is 0 Å². The molecule has 2 aliphatic rings. The van der Waals surface area contributed by atoms with E-state index in [0.717, 1.165) is 39.5 Å². The van der Waals surface area contributed by atoms with Gasteiger partial charge in [-0.1, -0.05) is 28.1 Å². The first kappa shape index (κ1) is 18.2. The van der Waals surface area contributed by atoms with Gasteiger partial charge in [-0.3, -0.25) is 19.3 Å². The molecule has 3 amide bonds. The zero-order valence-corrected chi connectivity index (χ0v) is 15.8. The number of ether oxygens (including phenoxy) is 1. The summed E-state index contributed by atoms with van der Waals surface area (Å²) in [4.78, 5) is 37.8. The van der Waals surface area contributed by atoms with Crippen molar-refractivity contribution in [3.63, 3.8) is 0 Å². The third-order valence-electron chi connectivity index (χ3n) is 3.87. The number of thioether (sulfide) groups is 1. The molecular formula is C17H17BrN2O4S. The number of halogens is 1. The van der Waals surface area contributed by atoms with Crippen molar-refractivity contribution in [1.82, 2.24) is 10.2 Å². The van der Waals surface area contributed by atoms with Gasteiger partial charge in [-0.2, -0.15) is 0 Å². The van der Waals surface area contributed by atoms with Crippen molar-refractivity contribution in [3.05, 3.63) is 39.2 Å². The normalized spacial score (nSPS) is 22.0. The van der Waals surface area contributed by atoms with Crippen LogP contribution < -0.4 is 5.32 Å². The number of benzene rings is 1. The molecule has 0 radical (unpaired) electrons. The van der Waals surface area contributed by atoms with Gasteiger partial charge in [0, 0.05) is 17.6 Å². The molecule has 0 saturated carbocycles. The van der Waals surface area contributed by atoms with Crippen LogP contribution in [0.5, 0.6) is 0 Å². The van der Waals surface area contributed by atoms with Crippen molar-refractivity contribution in [2.24, 2.45) is 0 Å². The van der Waals surface area contributed by atoms with Crippen LogP contribution in [0.2, 0.25) is 0 Å². The minimum absolute atomic E-state index is 0.0234. The van der Waals surface area contributed by atoms with Crippen LogP contribution in [0.4, 0.5) is 4.79 Å². The number of nitrogens with one attached hydrogen (secondary N) is 1. The molecular weight excluding hydrogens is 408 g/mol. The molecule has 2 saturated heterocycles. The molecule has 0 spiro atoms. The predicted molar refractivity (Wildman–Crippen MR) is 98.8 cm³/mol. The van der Waals surface area contributed by atoms with Gasteiger partial charge in [-0.05, 0) is 48.4 Å². The Balaban J connectivity index is 1.60. The summed E-state index contributed by atoms with van der Waals surface area (Å²) in [7, 11) is 0. The number of hydrogen-bond acceptors (Lipinski definition) is 5. The Morgan fingerprint density at radius 3 is 3.00 bits per heavy atom. The molecule has 1 aromatic rings. The van der Waals surface area contributed by atoms with E-state index in [1.54, 1.807) is 6.08 Å². The Hall–Kier alpha value is -1.64. The minimum atomic E-state index is -0.442. The molecule has 2 fully saturated rings. The highest BCUT2D eigenvalue weighted by molar-refractivity contribution is 9.10. The average Bonchev–Trinajstić information content (AvgIpc) is 3.17. The second-order valence-electron chi connectivity index (χ2n) is 5.76. The van der Waals surface area contributed by atoms with Gasteiger partial charge in [0.1, 0.15) is 6.54 Å². The summed E-state index contributed by atoms with van der Waals surface area (Å²) < 4.78 is 6.31.